The van der Waals surface area contributed by atoms with Gasteiger partial charge in [0, 0.05) is 0 Å². The van der Waals surface area contributed by atoms with Crippen LogP contribution in [0, 0.1) is 23.2 Å². The first-order chi connectivity index (χ1) is 5.63. The summed E-state index contributed by atoms with van der Waals surface area (Å²) >= 11 is 0. The Labute approximate surface area is 76.1 Å². The van der Waals surface area contributed by atoms with Gasteiger partial charge in [0.05, 0.1) is 0 Å². The molecule has 0 heterocycles. The molecule has 1 saturated carbocycles. The molecule has 0 aliphatic heterocycles. The van der Waals surface area contributed by atoms with Crippen molar-refractivity contribution in [2.45, 2.75) is 40.5 Å². The minimum Gasteiger partial charge on any atom is -0.0816 e. The van der Waals surface area contributed by atoms with Gasteiger partial charge in [-0.2, -0.15) is 0 Å². The molecule has 3 atom stereocenters. The Kier molecular flexibility index (Phi) is 1.65. The average Bonchev–Trinajstić information content (AvgIpc) is 2.70. The van der Waals surface area contributed by atoms with Crippen molar-refractivity contribution in [3.63, 3.8) is 0 Å². The molecule has 2 rings (SSSR count). The summed E-state index contributed by atoms with van der Waals surface area (Å²) in [6, 6.07) is 0. The van der Waals surface area contributed by atoms with Gasteiger partial charge in [-0.3, -0.25) is 0 Å². The highest BCUT2D eigenvalue weighted by Gasteiger charge is 2.62. The second-order valence-corrected chi connectivity index (χ2v) is 4.95. The van der Waals surface area contributed by atoms with E-state index in [1.165, 1.54) is 12.8 Å². The van der Waals surface area contributed by atoms with Crippen molar-refractivity contribution >= 4 is 0 Å². The first kappa shape index (κ1) is 8.34. The molecule has 0 bridgehead atoms. The van der Waals surface area contributed by atoms with E-state index in [1.807, 2.05) is 0 Å². The van der Waals surface area contributed by atoms with Crippen LogP contribution in [-0.2, 0) is 0 Å². The maximum absolute atomic E-state index is 2.54. The standard InChI is InChI=1S/C12H20/c1-5-10-6-9(4)11-7-12(10,11)8(2)3/h6,8,10-11H,5,7H2,1-4H3. The third-order valence-corrected chi connectivity index (χ3v) is 4.27. The van der Waals surface area contributed by atoms with Gasteiger partial charge < -0.3 is 0 Å². The first-order valence-electron chi connectivity index (χ1n) is 5.31. The van der Waals surface area contributed by atoms with E-state index in [2.05, 4.69) is 33.8 Å². The summed E-state index contributed by atoms with van der Waals surface area (Å²) in [6.07, 6.45) is 5.35. The van der Waals surface area contributed by atoms with Crippen LogP contribution in [0.3, 0.4) is 0 Å². The van der Waals surface area contributed by atoms with Crippen LogP contribution in [0.1, 0.15) is 40.5 Å². The zero-order valence-electron chi connectivity index (χ0n) is 8.72. The number of fused-ring (bicyclic) bond motifs is 1. The molecule has 0 spiro atoms. The quantitative estimate of drug-likeness (QED) is 0.547. The van der Waals surface area contributed by atoms with Gasteiger partial charge in [-0.05, 0) is 42.9 Å². The molecule has 0 aromatic heterocycles. The average molecular weight is 164 g/mol. The van der Waals surface area contributed by atoms with E-state index >= 15 is 0 Å². The SMILES string of the molecule is CCC1C=C(C)C2CC12C(C)C. The van der Waals surface area contributed by atoms with Gasteiger partial charge in [-0.25, -0.2) is 0 Å². The van der Waals surface area contributed by atoms with E-state index < -0.39 is 0 Å². The van der Waals surface area contributed by atoms with Crippen molar-refractivity contribution in [1.82, 2.24) is 0 Å². The summed E-state index contributed by atoms with van der Waals surface area (Å²) in [6.45, 7) is 9.45. The fraction of sp³-hybridized carbons (Fsp3) is 0.833. The maximum Gasteiger partial charge on any atom is -0.0135 e. The Balaban J connectivity index is 2.24. The topological polar surface area (TPSA) is 0 Å². The number of hydrogen-bond donors (Lipinski definition) is 0. The third-order valence-electron chi connectivity index (χ3n) is 4.27. The predicted octanol–water partition coefficient (Wildman–Crippen LogP) is 3.63. The molecular weight excluding hydrogens is 144 g/mol. The van der Waals surface area contributed by atoms with Crippen molar-refractivity contribution in [3.8, 4) is 0 Å². The molecular formula is C12H20. The predicted molar refractivity (Wildman–Crippen MR) is 52.9 cm³/mol. The normalized spacial score (nSPS) is 44.6. The third kappa shape index (κ3) is 0.787. The lowest BCUT2D eigenvalue weighted by Gasteiger charge is -2.25. The molecule has 12 heavy (non-hydrogen) atoms. The van der Waals surface area contributed by atoms with Gasteiger partial charge in [0.15, 0.2) is 0 Å². The van der Waals surface area contributed by atoms with Crippen molar-refractivity contribution in [3.05, 3.63) is 11.6 Å². The van der Waals surface area contributed by atoms with Gasteiger partial charge in [0.1, 0.15) is 0 Å². The summed E-state index contributed by atoms with van der Waals surface area (Å²) in [5.41, 5.74) is 2.38. The largest absolute Gasteiger partial charge is 0.0816 e. The molecule has 0 heteroatoms. The lowest BCUT2D eigenvalue weighted by molar-refractivity contribution is 0.259. The van der Waals surface area contributed by atoms with E-state index in [4.69, 9.17) is 0 Å². The second kappa shape index (κ2) is 2.37. The van der Waals surface area contributed by atoms with E-state index in [0.717, 1.165) is 17.8 Å². The molecule has 1 fully saturated rings. The van der Waals surface area contributed by atoms with Crippen LogP contribution in [0.25, 0.3) is 0 Å². The maximum atomic E-state index is 2.54. The van der Waals surface area contributed by atoms with Crippen LogP contribution in [0.15, 0.2) is 11.6 Å². The molecule has 68 valence electrons. The Morgan fingerprint density at radius 2 is 2.25 bits per heavy atom. The Morgan fingerprint density at radius 3 is 2.58 bits per heavy atom. The first-order valence-corrected chi connectivity index (χ1v) is 5.31. The Hall–Kier alpha value is -0.260. The molecule has 0 nitrogen and oxygen atoms in total. The molecule has 2 aliphatic carbocycles. The van der Waals surface area contributed by atoms with E-state index in [0.29, 0.717) is 5.41 Å². The zero-order valence-corrected chi connectivity index (χ0v) is 8.72. The van der Waals surface area contributed by atoms with Crippen LogP contribution in [0.2, 0.25) is 0 Å². The monoisotopic (exact) mass is 164 g/mol. The van der Waals surface area contributed by atoms with E-state index in [-0.39, 0.29) is 0 Å². The summed E-state index contributed by atoms with van der Waals surface area (Å²) in [5, 5.41) is 0. The minimum absolute atomic E-state index is 0.707. The molecule has 0 N–H and O–H groups in total. The minimum atomic E-state index is 0.707. The molecule has 0 aromatic rings. The van der Waals surface area contributed by atoms with Crippen molar-refractivity contribution in [1.29, 1.82) is 0 Å². The van der Waals surface area contributed by atoms with Crippen LogP contribution < -0.4 is 0 Å². The Morgan fingerprint density at radius 1 is 1.58 bits per heavy atom. The zero-order chi connectivity index (χ0) is 8.93. The molecule has 2 aliphatic rings. The summed E-state index contributed by atoms with van der Waals surface area (Å²) in [7, 11) is 0. The molecule has 0 aromatic carbocycles. The summed E-state index contributed by atoms with van der Waals surface area (Å²) in [4.78, 5) is 0. The highest BCUT2D eigenvalue weighted by Crippen LogP contribution is 2.70. The highest BCUT2D eigenvalue weighted by atomic mass is 14.7. The number of hydrogen-bond acceptors (Lipinski definition) is 0. The van der Waals surface area contributed by atoms with Gasteiger partial charge in [-0.15, -0.1) is 0 Å². The van der Waals surface area contributed by atoms with Crippen LogP contribution in [0.4, 0.5) is 0 Å². The summed E-state index contributed by atoms with van der Waals surface area (Å²) in [5.74, 6) is 2.73. The van der Waals surface area contributed by atoms with Gasteiger partial charge in [-0.1, -0.05) is 32.4 Å². The number of allylic oxidation sites excluding steroid dienone is 2. The van der Waals surface area contributed by atoms with Crippen LogP contribution in [-0.4, -0.2) is 0 Å². The fourth-order valence-electron chi connectivity index (χ4n) is 3.44. The molecule has 3 unspecified atom stereocenters. The van der Waals surface area contributed by atoms with E-state index in [9.17, 15) is 0 Å². The van der Waals surface area contributed by atoms with Gasteiger partial charge in [0.2, 0.25) is 0 Å². The summed E-state index contributed by atoms with van der Waals surface area (Å²) < 4.78 is 0. The number of rotatable bonds is 2. The van der Waals surface area contributed by atoms with Crippen molar-refractivity contribution in [2.24, 2.45) is 23.2 Å². The van der Waals surface area contributed by atoms with E-state index in [1.54, 1.807) is 5.57 Å². The second-order valence-electron chi connectivity index (χ2n) is 4.95. The molecule has 0 saturated heterocycles. The van der Waals surface area contributed by atoms with Gasteiger partial charge >= 0.3 is 0 Å². The Bertz CT molecular complexity index is 224. The molecule has 0 radical (unpaired) electrons. The smallest absolute Gasteiger partial charge is 0.0135 e. The van der Waals surface area contributed by atoms with Crippen molar-refractivity contribution < 1.29 is 0 Å². The lowest BCUT2D eigenvalue weighted by atomic mass is 9.79. The fourth-order valence-corrected chi connectivity index (χ4v) is 3.44. The highest BCUT2D eigenvalue weighted by molar-refractivity contribution is 5.32. The lowest BCUT2D eigenvalue weighted by Crippen LogP contribution is -2.18. The van der Waals surface area contributed by atoms with Gasteiger partial charge in [0.25, 0.3) is 0 Å². The molecule has 0 amide bonds. The van der Waals surface area contributed by atoms with Crippen molar-refractivity contribution in [2.75, 3.05) is 0 Å². The van der Waals surface area contributed by atoms with Crippen LogP contribution in [0.5, 0.6) is 0 Å². The van der Waals surface area contributed by atoms with Crippen LogP contribution >= 0.6 is 0 Å².